The van der Waals surface area contributed by atoms with Gasteiger partial charge in [-0.2, -0.15) is 0 Å². The maximum atomic E-state index is 12.7. The number of hydrogen-bond acceptors (Lipinski definition) is 7. The average Bonchev–Trinajstić information content (AvgIpc) is 3.45. The second-order valence-electron chi connectivity index (χ2n) is 7.38. The molecule has 0 saturated carbocycles. The predicted molar refractivity (Wildman–Crippen MR) is 125 cm³/mol. The molecule has 0 spiro atoms. The number of thioether (sulfide) groups is 1. The van der Waals surface area contributed by atoms with E-state index in [9.17, 15) is 4.79 Å². The summed E-state index contributed by atoms with van der Waals surface area (Å²) in [6.45, 7) is 7.51. The average molecular weight is 458 g/mol. The van der Waals surface area contributed by atoms with E-state index in [1.807, 2.05) is 25.1 Å². The summed E-state index contributed by atoms with van der Waals surface area (Å²) in [5.74, 6) is 0.805. The molecule has 1 N–H and O–H groups in total. The Morgan fingerprint density at radius 3 is 2.77 bits per heavy atom. The molecule has 164 valence electrons. The summed E-state index contributed by atoms with van der Waals surface area (Å²) in [5, 5.41) is 14.5. The molecule has 3 aromatic rings. The van der Waals surface area contributed by atoms with E-state index in [0.717, 1.165) is 41.9 Å². The van der Waals surface area contributed by atoms with Gasteiger partial charge in [-0.1, -0.05) is 36.0 Å². The maximum Gasteiger partial charge on any atom is 0.233 e. The van der Waals surface area contributed by atoms with Crippen LogP contribution in [0.2, 0.25) is 0 Å². The quantitative estimate of drug-likeness (QED) is 0.523. The fourth-order valence-electron chi connectivity index (χ4n) is 3.45. The zero-order valence-electron chi connectivity index (χ0n) is 17.8. The summed E-state index contributed by atoms with van der Waals surface area (Å²) in [5.41, 5.74) is 2.16. The third kappa shape index (κ3) is 5.28. The van der Waals surface area contributed by atoms with Crippen LogP contribution in [0.3, 0.4) is 0 Å². The molecule has 4 rings (SSSR count). The van der Waals surface area contributed by atoms with Gasteiger partial charge < -0.3 is 15.0 Å². The lowest BCUT2D eigenvalue weighted by atomic mass is 10.2. The molecule has 1 fully saturated rings. The highest BCUT2D eigenvalue weighted by molar-refractivity contribution is 8.00. The summed E-state index contributed by atoms with van der Waals surface area (Å²) < 4.78 is 7.57. The van der Waals surface area contributed by atoms with Crippen LogP contribution < -0.4 is 10.2 Å². The van der Waals surface area contributed by atoms with E-state index in [1.165, 1.54) is 16.6 Å². The van der Waals surface area contributed by atoms with Crippen molar-refractivity contribution in [2.24, 2.45) is 0 Å². The molecule has 1 saturated heterocycles. The number of ether oxygens (including phenoxy) is 1. The van der Waals surface area contributed by atoms with Gasteiger partial charge in [-0.15, -0.1) is 21.5 Å². The molecule has 1 atom stereocenters. The number of nitrogens with one attached hydrogen (secondary N) is 1. The number of carbonyl (C=O) groups excluding carboxylic acids is 1. The molecule has 0 radical (unpaired) electrons. The molecular weight excluding hydrogens is 430 g/mol. The Morgan fingerprint density at radius 1 is 1.23 bits per heavy atom. The van der Waals surface area contributed by atoms with Crippen molar-refractivity contribution in [2.75, 3.05) is 37.7 Å². The van der Waals surface area contributed by atoms with E-state index >= 15 is 0 Å². The van der Waals surface area contributed by atoms with E-state index in [0.29, 0.717) is 19.8 Å². The number of aromatic nitrogens is 3. The highest BCUT2D eigenvalue weighted by Gasteiger charge is 2.25. The molecule has 1 amide bonds. The van der Waals surface area contributed by atoms with Gasteiger partial charge in [0.05, 0.1) is 24.2 Å². The Kier molecular flexibility index (Phi) is 7.26. The highest BCUT2D eigenvalue weighted by atomic mass is 32.2. The number of hydrogen-bond donors (Lipinski definition) is 1. The van der Waals surface area contributed by atoms with Gasteiger partial charge in [0.25, 0.3) is 0 Å². The Morgan fingerprint density at radius 2 is 2.03 bits per heavy atom. The molecular formula is C22H27N5O2S2. The van der Waals surface area contributed by atoms with E-state index in [2.05, 4.69) is 55.5 Å². The first-order chi connectivity index (χ1) is 15.1. The molecule has 3 heterocycles. The number of morpholine rings is 1. The predicted octanol–water partition coefficient (Wildman–Crippen LogP) is 3.31. The number of nitrogens with zero attached hydrogens (tertiary/aromatic N) is 4. The van der Waals surface area contributed by atoms with Crippen molar-refractivity contribution < 1.29 is 9.53 Å². The van der Waals surface area contributed by atoms with Crippen LogP contribution in [-0.4, -0.2) is 58.8 Å². The topological polar surface area (TPSA) is 72.3 Å². The van der Waals surface area contributed by atoms with Crippen molar-refractivity contribution in [3.05, 3.63) is 52.2 Å². The first-order valence-electron chi connectivity index (χ1n) is 10.4. The van der Waals surface area contributed by atoms with Gasteiger partial charge in [-0.3, -0.25) is 9.36 Å². The first kappa shape index (κ1) is 21.9. The van der Waals surface area contributed by atoms with Crippen molar-refractivity contribution in [3.63, 3.8) is 0 Å². The summed E-state index contributed by atoms with van der Waals surface area (Å²) in [6.07, 6.45) is 0.849. The lowest BCUT2D eigenvalue weighted by molar-refractivity contribution is -0.120. The Labute approximate surface area is 190 Å². The Balaban J connectivity index is 1.51. The minimum atomic E-state index is -0.284. The largest absolute Gasteiger partial charge is 0.378 e. The fraction of sp³-hybridized carbons (Fsp3) is 0.409. The van der Waals surface area contributed by atoms with Crippen molar-refractivity contribution >= 4 is 35.0 Å². The lowest BCUT2D eigenvalue weighted by Crippen LogP contribution is -2.38. The molecule has 9 heteroatoms. The van der Waals surface area contributed by atoms with Crippen molar-refractivity contribution in [1.82, 2.24) is 20.1 Å². The molecule has 31 heavy (non-hydrogen) atoms. The number of amides is 1. The van der Waals surface area contributed by atoms with E-state index in [-0.39, 0.29) is 11.2 Å². The summed E-state index contributed by atoms with van der Waals surface area (Å²) in [7, 11) is 0. The minimum Gasteiger partial charge on any atom is -0.378 e. The van der Waals surface area contributed by atoms with Crippen molar-refractivity contribution in [3.8, 4) is 5.69 Å². The van der Waals surface area contributed by atoms with Crippen LogP contribution in [0.4, 0.5) is 5.95 Å². The van der Waals surface area contributed by atoms with Crippen LogP contribution in [0.25, 0.3) is 5.69 Å². The molecule has 1 unspecified atom stereocenters. The van der Waals surface area contributed by atoms with Gasteiger partial charge in [0, 0.05) is 24.5 Å². The van der Waals surface area contributed by atoms with E-state index in [1.54, 1.807) is 11.3 Å². The van der Waals surface area contributed by atoms with E-state index < -0.39 is 0 Å². The Bertz CT molecular complexity index is 999. The lowest BCUT2D eigenvalue weighted by Gasteiger charge is -2.28. The zero-order chi connectivity index (χ0) is 21.6. The standard InChI is InChI=1S/C22H27N5O2S2/c1-16-6-3-4-8-19(16)27-21(26-11-13-29-14-12-26)24-25-22(27)31-17(2)20(28)23-10-9-18-7-5-15-30-18/h3-8,15,17H,9-14H2,1-2H3,(H,23,28). The molecule has 0 aliphatic carbocycles. The van der Waals surface area contributed by atoms with E-state index in [4.69, 9.17) is 4.74 Å². The monoisotopic (exact) mass is 457 g/mol. The highest BCUT2D eigenvalue weighted by Crippen LogP contribution is 2.31. The maximum absolute atomic E-state index is 12.7. The third-order valence-electron chi connectivity index (χ3n) is 5.17. The van der Waals surface area contributed by atoms with Gasteiger partial charge >= 0.3 is 0 Å². The number of para-hydroxylation sites is 1. The SMILES string of the molecule is Cc1ccccc1-n1c(SC(C)C(=O)NCCc2cccs2)nnc1N1CCOCC1. The zero-order valence-corrected chi connectivity index (χ0v) is 19.4. The summed E-state index contributed by atoms with van der Waals surface area (Å²) in [6, 6.07) is 12.3. The van der Waals surface area contributed by atoms with Crippen LogP contribution in [-0.2, 0) is 16.0 Å². The third-order valence-corrected chi connectivity index (χ3v) is 7.15. The van der Waals surface area contributed by atoms with Crippen LogP contribution in [0.5, 0.6) is 0 Å². The van der Waals surface area contributed by atoms with Crippen LogP contribution >= 0.6 is 23.1 Å². The smallest absolute Gasteiger partial charge is 0.233 e. The number of thiophene rings is 1. The molecule has 1 aromatic carbocycles. The van der Waals surface area contributed by atoms with Gasteiger partial charge in [0.15, 0.2) is 5.16 Å². The fourth-order valence-corrected chi connectivity index (χ4v) is 5.04. The summed E-state index contributed by atoms with van der Waals surface area (Å²) in [4.78, 5) is 16.2. The molecule has 1 aliphatic rings. The molecule has 0 bridgehead atoms. The number of rotatable bonds is 8. The second kappa shape index (κ2) is 10.3. The summed E-state index contributed by atoms with van der Waals surface area (Å²) >= 11 is 3.15. The number of carbonyl (C=O) groups is 1. The van der Waals surface area contributed by atoms with Crippen LogP contribution in [0.1, 0.15) is 17.4 Å². The molecule has 1 aliphatic heterocycles. The minimum absolute atomic E-state index is 0.00816. The van der Waals surface area contributed by atoms with Crippen molar-refractivity contribution in [1.29, 1.82) is 0 Å². The number of anilines is 1. The van der Waals surface area contributed by atoms with Crippen molar-refractivity contribution in [2.45, 2.75) is 30.7 Å². The normalized spacial score (nSPS) is 15.1. The van der Waals surface area contributed by atoms with Gasteiger partial charge in [0.1, 0.15) is 0 Å². The van der Waals surface area contributed by atoms with Gasteiger partial charge in [-0.05, 0) is 43.3 Å². The Hall–Kier alpha value is -2.36. The van der Waals surface area contributed by atoms with Gasteiger partial charge in [0.2, 0.25) is 11.9 Å². The van der Waals surface area contributed by atoms with Crippen LogP contribution in [0.15, 0.2) is 46.9 Å². The number of aryl methyl sites for hydroxylation is 1. The second-order valence-corrected chi connectivity index (χ2v) is 9.72. The van der Waals surface area contributed by atoms with Crippen LogP contribution in [0, 0.1) is 6.92 Å². The first-order valence-corrected chi connectivity index (χ1v) is 12.2. The molecule has 7 nitrogen and oxygen atoms in total. The molecule has 2 aromatic heterocycles. The number of benzene rings is 1. The van der Waals surface area contributed by atoms with Gasteiger partial charge in [-0.25, -0.2) is 0 Å².